The molecule has 0 spiro atoms. The first-order chi connectivity index (χ1) is 8.95. The number of methoxy groups -OCH3 is 1. The number of carbonyl (C=O) groups excluding carboxylic acids is 2. The monoisotopic (exact) mass is 395 g/mol. The van der Waals surface area contributed by atoms with Crippen molar-refractivity contribution in [2.75, 3.05) is 20.7 Å². The zero-order valence-corrected chi connectivity index (χ0v) is 13.7. The van der Waals surface area contributed by atoms with E-state index in [9.17, 15) is 9.59 Å². The molecule has 0 aliphatic carbocycles. The molecule has 0 saturated carbocycles. The van der Waals surface area contributed by atoms with E-state index in [0.29, 0.717) is 30.0 Å². The van der Waals surface area contributed by atoms with Gasteiger partial charge in [0, 0.05) is 29.1 Å². The van der Waals surface area contributed by atoms with Gasteiger partial charge in [0.1, 0.15) is 0 Å². The van der Waals surface area contributed by atoms with Crippen LogP contribution in [-0.4, -0.2) is 37.5 Å². The molecule has 0 fully saturated rings. The van der Waals surface area contributed by atoms with Gasteiger partial charge >= 0.3 is 5.97 Å². The summed E-state index contributed by atoms with van der Waals surface area (Å²) in [6, 6.07) is 5.20. The molecule has 19 heavy (non-hydrogen) atoms. The van der Waals surface area contributed by atoms with Gasteiger partial charge in [-0.2, -0.15) is 0 Å². The summed E-state index contributed by atoms with van der Waals surface area (Å²) < 4.78 is 5.45. The molecule has 0 aromatic heterocycles. The van der Waals surface area contributed by atoms with E-state index in [4.69, 9.17) is 11.6 Å². The van der Waals surface area contributed by atoms with E-state index >= 15 is 0 Å². The molecule has 0 N–H and O–H groups in total. The van der Waals surface area contributed by atoms with Gasteiger partial charge in [-0.1, -0.05) is 11.6 Å². The van der Waals surface area contributed by atoms with E-state index in [2.05, 4.69) is 27.3 Å². The van der Waals surface area contributed by atoms with Crippen LogP contribution in [-0.2, 0) is 9.53 Å². The fourth-order valence-corrected chi connectivity index (χ4v) is 2.03. The van der Waals surface area contributed by atoms with E-state index in [1.807, 2.05) is 0 Å². The number of amides is 1. The van der Waals surface area contributed by atoms with Gasteiger partial charge in [-0.15, -0.1) is 0 Å². The third-order valence-electron chi connectivity index (χ3n) is 2.62. The number of halogens is 2. The Morgan fingerprint density at radius 1 is 1.42 bits per heavy atom. The molecule has 1 amide bonds. The largest absolute Gasteiger partial charge is 0.469 e. The molecule has 0 unspecified atom stereocenters. The van der Waals surface area contributed by atoms with Gasteiger partial charge in [0.25, 0.3) is 5.91 Å². The van der Waals surface area contributed by atoms with Crippen LogP contribution in [0.25, 0.3) is 0 Å². The first-order valence-corrected chi connectivity index (χ1v) is 7.18. The molecule has 104 valence electrons. The van der Waals surface area contributed by atoms with Gasteiger partial charge < -0.3 is 9.64 Å². The van der Waals surface area contributed by atoms with E-state index in [1.165, 1.54) is 7.11 Å². The lowest BCUT2D eigenvalue weighted by Crippen LogP contribution is -2.28. The summed E-state index contributed by atoms with van der Waals surface area (Å²) in [5.74, 6) is -0.374. The SMILES string of the molecule is COC(=O)CCCN(C)C(=O)c1ccc(I)c(Cl)c1. The third kappa shape index (κ3) is 4.99. The van der Waals surface area contributed by atoms with Crippen LogP contribution in [0, 0.1) is 3.57 Å². The van der Waals surface area contributed by atoms with Crippen molar-refractivity contribution in [1.82, 2.24) is 4.90 Å². The second-order valence-corrected chi connectivity index (χ2v) is 5.60. The molecule has 0 aliphatic rings. The second-order valence-electron chi connectivity index (χ2n) is 4.04. The topological polar surface area (TPSA) is 46.6 Å². The van der Waals surface area contributed by atoms with Crippen LogP contribution in [0.15, 0.2) is 18.2 Å². The Balaban J connectivity index is 2.56. The Morgan fingerprint density at radius 3 is 2.68 bits per heavy atom. The van der Waals surface area contributed by atoms with E-state index in [0.717, 1.165) is 3.57 Å². The molecule has 6 heteroatoms. The van der Waals surface area contributed by atoms with Gasteiger partial charge in [-0.3, -0.25) is 9.59 Å². The van der Waals surface area contributed by atoms with Crippen molar-refractivity contribution in [1.29, 1.82) is 0 Å². The smallest absolute Gasteiger partial charge is 0.305 e. The minimum absolute atomic E-state index is 0.108. The van der Waals surface area contributed by atoms with Crippen LogP contribution in [0.4, 0.5) is 0 Å². The average Bonchev–Trinajstić information content (AvgIpc) is 2.40. The van der Waals surface area contributed by atoms with Crippen LogP contribution >= 0.6 is 34.2 Å². The summed E-state index contributed by atoms with van der Waals surface area (Å²) in [6.07, 6.45) is 0.884. The number of carbonyl (C=O) groups is 2. The van der Waals surface area contributed by atoms with Crippen molar-refractivity contribution >= 4 is 46.1 Å². The predicted molar refractivity (Wildman–Crippen MR) is 82.4 cm³/mol. The first kappa shape index (κ1) is 16.2. The summed E-state index contributed by atoms with van der Waals surface area (Å²) in [7, 11) is 3.05. The molecule has 0 aliphatic heterocycles. The molecule has 1 aromatic rings. The number of esters is 1. The lowest BCUT2D eigenvalue weighted by molar-refractivity contribution is -0.140. The van der Waals surface area contributed by atoms with Crippen LogP contribution in [0.1, 0.15) is 23.2 Å². The summed E-state index contributed by atoms with van der Waals surface area (Å²) >= 11 is 8.10. The molecule has 4 nitrogen and oxygen atoms in total. The van der Waals surface area contributed by atoms with Gasteiger partial charge in [-0.25, -0.2) is 0 Å². The molecule has 0 bridgehead atoms. The van der Waals surface area contributed by atoms with E-state index < -0.39 is 0 Å². The zero-order valence-electron chi connectivity index (χ0n) is 10.8. The van der Waals surface area contributed by atoms with Crippen molar-refractivity contribution in [2.24, 2.45) is 0 Å². The molecular weight excluding hydrogens is 381 g/mol. The maximum Gasteiger partial charge on any atom is 0.305 e. The number of hydrogen-bond donors (Lipinski definition) is 0. The van der Waals surface area contributed by atoms with Crippen molar-refractivity contribution in [3.63, 3.8) is 0 Å². The molecule has 0 heterocycles. The lowest BCUT2D eigenvalue weighted by Gasteiger charge is -2.17. The average molecular weight is 396 g/mol. The van der Waals surface area contributed by atoms with Crippen LogP contribution in [0.3, 0.4) is 0 Å². The Morgan fingerprint density at radius 2 is 2.11 bits per heavy atom. The zero-order chi connectivity index (χ0) is 14.4. The number of hydrogen-bond acceptors (Lipinski definition) is 3. The quantitative estimate of drug-likeness (QED) is 0.569. The summed E-state index contributed by atoms with van der Waals surface area (Å²) in [5.41, 5.74) is 0.547. The second kappa shape index (κ2) is 7.69. The number of ether oxygens (including phenoxy) is 1. The normalized spacial score (nSPS) is 10.1. The maximum absolute atomic E-state index is 12.1. The lowest BCUT2D eigenvalue weighted by atomic mass is 10.2. The van der Waals surface area contributed by atoms with Crippen LogP contribution in [0.5, 0.6) is 0 Å². The summed E-state index contributed by atoms with van der Waals surface area (Å²) in [6.45, 7) is 0.498. The fourth-order valence-electron chi connectivity index (χ4n) is 1.51. The Kier molecular flexibility index (Phi) is 6.57. The Hall–Kier alpha value is -0.820. The van der Waals surface area contributed by atoms with Gasteiger partial charge in [0.15, 0.2) is 0 Å². The highest BCUT2D eigenvalue weighted by molar-refractivity contribution is 14.1. The van der Waals surface area contributed by atoms with Crippen molar-refractivity contribution < 1.29 is 14.3 Å². The third-order valence-corrected chi connectivity index (χ3v) is 4.19. The summed E-state index contributed by atoms with van der Waals surface area (Å²) in [4.78, 5) is 24.6. The standard InChI is InChI=1S/C13H15ClINO3/c1-16(7-3-4-12(17)19-2)13(18)9-5-6-11(15)10(14)8-9/h5-6,8H,3-4,7H2,1-2H3. The van der Waals surface area contributed by atoms with Gasteiger partial charge in [0.2, 0.25) is 0 Å². The molecule has 1 rings (SSSR count). The van der Waals surface area contributed by atoms with E-state index in [1.54, 1.807) is 30.1 Å². The van der Waals surface area contributed by atoms with Crippen molar-refractivity contribution in [3.05, 3.63) is 32.4 Å². The highest BCUT2D eigenvalue weighted by atomic mass is 127. The fraction of sp³-hybridized carbons (Fsp3) is 0.385. The van der Waals surface area contributed by atoms with Crippen molar-refractivity contribution in [2.45, 2.75) is 12.8 Å². The minimum Gasteiger partial charge on any atom is -0.469 e. The highest BCUT2D eigenvalue weighted by Crippen LogP contribution is 2.20. The maximum atomic E-state index is 12.1. The highest BCUT2D eigenvalue weighted by Gasteiger charge is 2.13. The van der Waals surface area contributed by atoms with Crippen LogP contribution < -0.4 is 0 Å². The summed E-state index contributed by atoms with van der Waals surface area (Å²) in [5, 5.41) is 0.564. The number of rotatable bonds is 5. The Bertz CT molecular complexity index is 479. The van der Waals surface area contributed by atoms with Gasteiger partial charge in [-0.05, 0) is 47.2 Å². The first-order valence-electron chi connectivity index (χ1n) is 5.73. The molecule has 1 aromatic carbocycles. The molecular formula is C13H15ClINO3. The van der Waals surface area contributed by atoms with Crippen LogP contribution in [0.2, 0.25) is 5.02 Å². The molecule has 0 radical (unpaired) electrons. The van der Waals surface area contributed by atoms with Gasteiger partial charge in [0.05, 0.1) is 12.1 Å². The van der Waals surface area contributed by atoms with E-state index in [-0.39, 0.29) is 11.9 Å². The Labute approximate surface area is 131 Å². The number of nitrogens with zero attached hydrogens (tertiary/aromatic N) is 1. The van der Waals surface area contributed by atoms with Crippen molar-refractivity contribution in [3.8, 4) is 0 Å². The number of benzene rings is 1. The molecule has 0 atom stereocenters. The minimum atomic E-state index is -0.266. The molecule has 0 saturated heterocycles. The predicted octanol–water partition coefficient (Wildman–Crippen LogP) is 2.97.